The number of sulfonamides is 1. The quantitative estimate of drug-likeness (QED) is 0.226. The Hall–Kier alpha value is -4.22. The van der Waals surface area contributed by atoms with Gasteiger partial charge >= 0.3 is 5.97 Å². The van der Waals surface area contributed by atoms with E-state index in [9.17, 15) is 13.2 Å². The van der Waals surface area contributed by atoms with E-state index in [1.807, 2.05) is 56.3 Å². The molecule has 2 aromatic carbocycles. The molecule has 1 aliphatic rings. The summed E-state index contributed by atoms with van der Waals surface area (Å²) < 4.78 is 33.3. The summed E-state index contributed by atoms with van der Waals surface area (Å²) in [5, 5.41) is 4.03. The Morgan fingerprint density at radius 2 is 1.73 bits per heavy atom. The van der Waals surface area contributed by atoms with Crippen LogP contribution >= 0.6 is 12.2 Å². The number of aryl methyl sites for hydroxylation is 2. The second-order valence-electron chi connectivity index (χ2n) is 10.1. The topological polar surface area (TPSA) is 106 Å². The van der Waals surface area contributed by atoms with Crippen LogP contribution in [0.2, 0.25) is 0 Å². The molecule has 0 radical (unpaired) electrons. The fourth-order valence-electron chi connectivity index (χ4n) is 5.41. The number of nitrogens with one attached hydrogen (secondary N) is 2. The van der Waals surface area contributed by atoms with E-state index in [4.69, 9.17) is 17.0 Å². The van der Waals surface area contributed by atoms with Crippen molar-refractivity contribution in [2.75, 3.05) is 23.0 Å². The number of carbonyl (C=O) groups is 1. The number of benzene rings is 2. The fourth-order valence-corrected chi connectivity index (χ4v) is 6.38. The minimum Gasteiger partial charge on any atom is -0.465 e. The van der Waals surface area contributed by atoms with Gasteiger partial charge in [-0.3, -0.25) is 9.71 Å². The van der Waals surface area contributed by atoms with Crippen LogP contribution in [0.4, 0.5) is 11.4 Å². The number of thiocarbonyl (C=S) groups is 1. The summed E-state index contributed by atoms with van der Waals surface area (Å²) in [7, 11) is -2.06. The number of ether oxygens (including phenoxy) is 1. The zero-order valence-corrected chi connectivity index (χ0v) is 25.0. The Morgan fingerprint density at radius 3 is 2.34 bits per heavy atom. The number of carbonyl (C=O) groups excluding carboxylic acids is 1. The molecule has 9 nitrogen and oxygen atoms in total. The third kappa shape index (κ3) is 5.55. The van der Waals surface area contributed by atoms with Crippen molar-refractivity contribution in [3.63, 3.8) is 0 Å². The van der Waals surface area contributed by atoms with Crippen molar-refractivity contribution in [1.82, 2.24) is 14.9 Å². The van der Waals surface area contributed by atoms with Crippen LogP contribution in [0.5, 0.6) is 0 Å². The van der Waals surface area contributed by atoms with E-state index in [0.29, 0.717) is 16.4 Å². The highest BCUT2D eigenvalue weighted by Crippen LogP contribution is 2.44. The predicted octanol–water partition coefficient (Wildman–Crippen LogP) is 5.13. The molecule has 1 saturated heterocycles. The van der Waals surface area contributed by atoms with Gasteiger partial charge in [-0.2, -0.15) is 0 Å². The lowest BCUT2D eigenvalue weighted by Gasteiger charge is -2.29. The summed E-state index contributed by atoms with van der Waals surface area (Å²) >= 11 is 5.89. The number of rotatable bonds is 7. The highest BCUT2D eigenvalue weighted by molar-refractivity contribution is 7.92. The van der Waals surface area contributed by atoms with Crippen LogP contribution in [0.3, 0.4) is 0 Å². The molecular formula is C30H31N5O4S2. The van der Waals surface area contributed by atoms with Gasteiger partial charge in [0.05, 0.1) is 42.4 Å². The first-order valence-corrected chi connectivity index (χ1v) is 15.2. The van der Waals surface area contributed by atoms with Crippen LogP contribution in [0.15, 0.2) is 72.9 Å². The number of pyridine rings is 1. The SMILES string of the molecule is COC(=O)c1ccc(-n2c(C)cc([C@@H]3[C@@H](c4ccccn4)NC(=S)N3c3ccc(NS(C)(=O)=O)c(C)c3)c2C)cc1. The number of methoxy groups -OCH3 is 1. The number of esters is 1. The molecule has 41 heavy (non-hydrogen) atoms. The van der Waals surface area contributed by atoms with Crippen molar-refractivity contribution in [2.24, 2.45) is 0 Å². The van der Waals surface area contributed by atoms with Gasteiger partial charge in [0.15, 0.2) is 5.11 Å². The molecule has 0 saturated carbocycles. The van der Waals surface area contributed by atoms with Crippen molar-refractivity contribution < 1.29 is 17.9 Å². The second-order valence-corrected chi connectivity index (χ2v) is 12.2. The molecule has 0 spiro atoms. The molecule has 4 aromatic rings. The highest BCUT2D eigenvalue weighted by atomic mass is 32.2. The van der Waals surface area contributed by atoms with Crippen LogP contribution in [-0.4, -0.2) is 42.4 Å². The minimum atomic E-state index is -3.42. The molecule has 1 aliphatic heterocycles. The molecule has 0 bridgehead atoms. The van der Waals surface area contributed by atoms with E-state index >= 15 is 0 Å². The van der Waals surface area contributed by atoms with Gasteiger partial charge in [0, 0.05) is 29.0 Å². The van der Waals surface area contributed by atoms with E-state index in [2.05, 4.69) is 37.5 Å². The van der Waals surface area contributed by atoms with Crippen molar-refractivity contribution in [3.8, 4) is 5.69 Å². The van der Waals surface area contributed by atoms with Crippen LogP contribution in [0.25, 0.3) is 5.69 Å². The second kappa shape index (κ2) is 11.0. The van der Waals surface area contributed by atoms with Crippen molar-refractivity contribution >= 4 is 44.7 Å². The predicted molar refractivity (Wildman–Crippen MR) is 164 cm³/mol. The summed E-state index contributed by atoms with van der Waals surface area (Å²) in [6, 6.07) is 20.3. The van der Waals surface area contributed by atoms with Gasteiger partial charge in [-0.1, -0.05) is 6.07 Å². The van der Waals surface area contributed by atoms with Gasteiger partial charge in [-0.05, 0) is 105 Å². The molecule has 11 heteroatoms. The largest absolute Gasteiger partial charge is 0.465 e. The monoisotopic (exact) mass is 589 g/mol. The minimum absolute atomic E-state index is 0.242. The Balaban J connectivity index is 1.62. The van der Waals surface area contributed by atoms with Crippen LogP contribution < -0.4 is 14.9 Å². The van der Waals surface area contributed by atoms with E-state index in [1.54, 1.807) is 24.4 Å². The molecule has 3 heterocycles. The average molecular weight is 590 g/mol. The van der Waals surface area contributed by atoms with Gasteiger partial charge in [0.1, 0.15) is 0 Å². The zero-order valence-electron chi connectivity index (χ0n) is 23.4. The smallest absolute Gasteiger partial charge is 0.337 e. The molecule has 212 valence electrons. The van der Waals surface area contributed by atoms with E-state index in [1.165, 1.54) is 7.11 Å². The first-order valence-electron chi connectivity index (χ1n) is 12.9. The molecular weight excluding hydrogens is 558 g/mol. The first kappa shape index (κ1) is 28.3. The molecule has 0 unspecified atom stereocenters. The van der Waals surface area contributed by atoms with Gasteiger partial charge in [-0.15, -0.1) is 0 Å². The lowest BCUT2D eigenvalue weighted by atomic mass is 9.96. The molecule has 2 aromatic heterocycles. The standard InChI is InChI=1S/C30H31N5O4S2/c1-18-16-23(13-14-25(18)33-41(5,37)38)35-28(27(32-30(35)40)26-8-6-7-15-31-26)24-17-19(2)34(20(24)3)22-11-9-21(10-12-22)29(36)39-4/h6-17,27-28,33H,1-5H3,(H,32,40)/t27-,28-/m1/s1. The van der Waals surface area contributed by atoms with Crippen LogP contribution in [-0.2, 0) is 14.8 Å². The molecule has 2 atom stereocenters. The average Bonchev–Trinajstić information content (AvgIpc) is 3.44. The summed E-state index contributed by atoms with van der Waals surface area (Å²) in [6.45, 7) is 5.97. The summed E-state index contributed by atoms with van der Waals surface area (Å²) in [5.41, 5.74) is 7.45. The van der Waals surface area contributed by atoms with E-state index in [0.717, 1.165) is 45.8 Å². The highest BCUT2D eigenvalue weighted by Gasteiger charge is 2.42. The van der Waals surface area contributed by atoms with Gasteiger partial charge < -0.3 is 19.5 Å². The normalized spacial score (nSPS) is 16.9. The van der Waals surface area contributed by atoms with E-state index < -0.39 is 10.0 Å². The lowest BCUT2D eigenvalue weighted by molar-refractivity contribution is 0.0600. The lowest BCUT2D eigenvalue weighted by Crippen LogP contribution is -2.29. The van der Waals surface area contributed by atoms with Crippen molar-refractivity contribution in [2.45, 2.75) is 32.9 Å². The number of hydrogen-bond donors (Lipinski definition) is 2. The molecule has 5 rings (SSSR count). The number of nitrogens with zero attached hydrogens (tertiary/aromatic N) is 3. The van der Waals surface area contributed by atoms with Crippen LogP contribution in [0.1, 0.15) is 50.7 Å². The summed E-state index contributed by atoms with van der Waals surface area (Å²) in [6.07, 6.45) is 2.90. The first-order chi connectivity index (χ1) is 19.5. The fraction of sp³-hybridized carbons (Fsp3) is 0.233. The van der Waals surface area contributed by atoms with E-state index in [-0.39, 0.29) is 18.1 Å². The number of hydrogen-bond acceptors (Lipinski definition) is 6. The number of aromatic nitrogens is 2. The van der Waals surface area contributed by atoms with Crippen LogP contribution in [0, 0.1) is 20.8 Å². The maximum absolute atomic E-state index is 12.0. The maximum Gasteiger partial charge on any atom is 0.337 e. The Labute approximate surface area is 245 Å². The number of anilines is 2. The third-order valence-corrected chi connectivity index (χ3v) is 8.12. The van der Waals surface area contributed by atoms with Crippen molar-refractivity contribution in [3.05, 3.63) is 107 Å². The molecule has 1 fully saturated rings. The summed E-state index contributed by atoms with van der Waals surface area (Å²) in [4.78, 5) is 18.7. The molecule has 0 amide bonds. The van der Waals surface area contributed by atoms with Gasteiger partial charge in [0.2, 0.25) is 10.0 Å². The Kier molecular flexibility index (Phi) is 7.58. The molecule has 0 aliphatic carbocycles. The molecule has 2 N–H and O–H groups in total. The summed E-state index contributed by atoms with van der Waals surface area (Å²) in [5.74, 6) is -0.384. The van der Waals surface area contributed by atoms with Gasteiger partial charge in [0.25, 0.3) is 0 Å². The van der Waals surface area contributed by atoms with Gasteiger partial charge in [-0.25, -0.2) is 13.2 Å². The third-order valence-electron chi connectivity index (χ3n) is 7.22. The zero-order chi connectivity index (χ0) is 29.5. The Bertz CT molecular complexity index is 1730. The van der Waals surface area contributed by atoms with Crippen molar-refractivity contribution in [1.29, 1.82) is 0 Å². The Morgan fingerprint density at radius 1 is 1.02 bits per heavy atom. The maximum atomic E-state index is 12.0.